The van der Waals surface area contributed by atoms with Gasteiger partial charge in [0.15, 0.2) is 5.82 Å². The van der Waals surface area contributed by atoms with Crippen LogP contribution in [0.3, 0.4) is 0 Å². The van der Waals surface area contributed by atoms with Crippen molar-refractivity contribution >= 4 is 33.6 Å². The summed E-state index contributed by atoms with van der Waals surface area (Å²) in [6, 6.07) is 8.59. The van der Waals surface area contributed by atoms with Crippen LogP contribution >= 0.6 is 15.9 Å². The highest BCUT2D eigenvalue weighted by atomic mass is 79.9. The van der Waals surface area contributed by atoms with Crippen LogP contribution in [0, 0.1) is 6.92 Å². The minimum absolute atomic E-state index is 0.0606. The van der Waals surface area contributed by atoms with Crippen molar-refractivity contribution in [1.29, 1.82) is 0 Å². The fourth-order valence-corrected chi connectivity index (χ4v) is 2.44. The molecule has 7 heteroatoms. The zero-order valence-electron chi connectivity index (χ0n) is 13.2. The van der Waals surface area contributed by atoms with E-state index in [0.29, 0.717) is 17.1 Å². The van der Waals surface area contributed by atoms with Crippen molar-refractivity contribution in [2.24, 2.45) is 0 Å². The molecule has 0 fully saturated rings. The SMILES string of the molecule is Cc1cc(NC(=O)CN(C(=O)c2cccc(Br)c2)C(C)C)no1. The van der Waals surface area contributed by atoms with Gasteiger partial charge in [0.2, 0.25) is 5.91 Å². The summed E-state index contributed by atoms with van der Waals surface area (Å²) in [7, 11) is 0. The Morgan fingerprint density at radius 3 is 2.65 bits per heavy atom. The highest BCUT2D eigenvalue weighted by Crippen LogP contribution is 2.15. The van der Waals surface area contributed by atoms with Gasteiger partial charge in [-0.15, -0.1) is 0 Å². The molecule has 6 nitrogen and oxygen atoms in total. The molecule has 0 atom stereocenters. The summed E-state index contributed by atoms with van der Waals surface area (Å²) in [4.78, 5) is 26.3. The molecule has 0 radical (unpaired) electrons. The molecule has 23 heavy (non-hydrogen) atoms. The summed E-state index contributed by atoms with van der Waals surface area (Å²) in [5.41, 5.74) is 0.526. The topological polar surface area (TPSA) is 75.4 Å². The lowest BCUT2D eigenvalue weighted by atomic mass is 10.1. The molecule has 0 unspecified atom stereocenters. The Hall–Kier alpha value is -2.15. The number of nitrogens with one attached hydrogen (secondary N) is 1. The van der Waals surface area contributed by atoms with E-state index >= 15 is 0 Å². The third-order valence-electron chi connectivity index (χ3n) is 3.17. The number of hydrogen-bond acceptors (Lipinski definition) is 4. The molecule has 2 aromatic rings. The highest BCUT2D eigenvalue weighted by molar-refractivity contribution is 9.10. The molecule has 0 aliphatic rings. The Morgan fingerprint density at radius 2 is 2.09 bits per heavy atom. The van der Waals surface area contributed by atoms with E-state index in [1.165, 1.54) is 4.90 Å². The van der Waals surface area contributed by atoms with E-state index in [4.69, 9.17) is 4.52 Å². The number of aryl methyl sites for hydroxylation is 1. The molecule has 2 rings (SSSR count). The van der Waals surface area contributed by atoms with Crippen LogP contribution in [0.25, 0.3) is 0 Å². The van der Waals surface area contributed by atoms with Crippen LogP contribution in [-0.4, -0.2) is 34.5 Å². The molecule has 0 aliphatic carbocycles. The molecular formula is C16H18BrN3O3. The van der Waals surface area contributed by atoms with Crippen molar-refractivity contribution in [3.63, 3.8) is 0 Å². The molecule has 1 heterocycles. The first-order valence-electron chi connectivity index (χ1n) is 7.16. The number of aromatic nitrogens is 1. The molecule has 1 aromatic heterocycles. The Balaban J connectivity index is 2.09. The molecular weight excluding hydrogens is 362 g/mol. The van der Waals surface area contributed by atoms with E-state index in [1.807, 2.05) is 19.9 Å². The monoisotopic (exact) mass is 379 g/mol. The lowest BCUT2D eigenvalue weighted by Crippen LogP contribution is -2.42. The number of amides is 2. The normalized spacial score (nSPS) is 10.7. The summed E-state index contributed by atoms with van der Waals surface area (Å²) < 4.78 is 5.71. The minimum Gasteiger partial charge on any atom is -0.360 e. The van der Waals surface area contributed by atoms with E-state index in [0.717, 1.165) is 4.47 Å². The van der Waals surface area contributed by atoms with Crippen molar-refractivity contribution in [3.05, 3.63) is 46.1 Å². The van der Waals surface area contributed by atoms with Gasteiger partial charge in [-0.1, -0.05) is 27.2 Å². The second-order valence-electron chi connectivity index (χ2n) is 5.41. The van der Waals surface area contributed by atoms with Crippen molar-refractivity contribution < 1.29 is 14.1 Å². The number of carbonyl (C=O) groups excluding carboxylic acids is 2. The highest BCUT2D eigenvalue weighted by Gasteiger charge is 2.22. The summed E-state index contributed by atoms with van der Waals surface area (Å²) in [6.45, 7) is 5.40. The van der Waals surface area contributed by atoms with E-state index in [9.17, 15) is 9.59 Å². The smallest absolute Gasteiger partial charge is 0.254 e. The zero-order valence-corrected chi connectivity index (χ0v) is 14.8. The molecule has 2 amide bonds. The molecule has 122 valence electrons. The van der Waals surface area contributed by atoms with E-state index in [2.05, 4.69) is 26.4 Å². The standard InChI is InChI=1S/C16H18BrN3O3/c1-10(2)20(16(22)12-5-4-6-13(17)8-12)9-15(21)18-14-7-11(3)23-19-14/h4-8,10H,9H2,1-3H3,(H,18,19,21). The summed E-state index contributed by atoms with van der Waals surface area (Å²) >= 11 is 3.35. The van der Waals surface area contributed by atoms with Gasteiger partial charge < -0.3 is 14.7 Å². The first-order valence-corrected chi connectivity index (χ1v) is 7.96. The third-order valence-corrected chi connectivity index (χ3v) is 3.66. The number of hydrogen-bond donors (Lipinski definition) is 1. The van der Waals surface area contributed by atoms with Gasteiger partial charge in [-0.05, 0) is 39.0 Å². The number of benzene rings is 1. The summed E-state index contributed by atoms with van der Waals surface area (Å²) in [5.74, 6) is 0.417. The van der Waals surface area contributed by atoms with Gasteiger partial charge in [-0.3, -0.25) is 9.59 Å². The third kappa shape index (κ3) is 4.66. The number of carbonyl (C=O) groups is 2. The quantitative estimate of drug-likeness (QED) is 0.864. The van der Waals surface area contributed by atoms with E-state index in [1.54, 1.807) is 31.2 Å². The second kappa shape index (κ2) is 7.41. The van der Waals surface area contributed by atoms with Crippen molar-refractivity contribution in [3.8, 4) is 0 Å². The average Bonchev–Trinajstić information content (AvgIpc) is 2.89. The fraction of sp³-hybridized carbons (Fsp3) is 0.312. The molecule has 1 N–H and O–H groups in total. The zero-order chi connectivity index (χ0) is 17.0. The Labute approximate surface area is 143 Å². The van der Waals surface area contributed by atoms with Crippen LogP contribution in [0.5, 0.6) is 0 Å². The van der Waals surface area contributed by atoms with Gasteiger partial charge in [-0.25, -0.2) is 0 Å². The maximum Gasteiger partial charge on any atom is 0.254 e. The van der Waals surface area contributed by atoms with Crippen molar-refractivity contribution in [2.75, 3.05) is 11.9 Å². The Morgan fingerprint density at radius 1 is 1.35 bits per heavy atom. The first kappa shape index (κ1) is 17.2. The predicted molar refractivity (Wildman–Crippen MR) is 90.2 cm³/mol. The van der Waals surface area contributed by atoms with Crippen LogP contribution in [0.4, 0.5) is 5.82 Å². The first-order chi connectivity index (χ1) is 10.9. The van der Waals surface area contributed by atoms with E-state index in [-0.39, 0.29) is 24.4 Å². The van der Waals surface area contributed by atoms with E-state index < -0.39 is 0 Å². The van der Waals surface area contributed by atoms with Gasteiger partial charge in [0.1, 0.15) is 12.3 Å². The molecule has 0 bridgehead atoms. The maximum absolute atomic E-state index is 12.6. The number of nitrogens with zero attached hydrogens (tertiary/aromatic N) is 2. The maximum atomic E-state index is 12.6. The van der Waals surface area contributed by atoms with Gasteiger partial charge in [0.25, 0.3) is 5.91 Å². The molecule has 0 saturated heterocycles. The van der Waals surface area contributed by atoms with Gasteiger partial charge >= 0.3 is 0 Å². The van der Waals surface area contributed by atoms with Crippen LogP contribution < -0.4 is 5.32 Å². The van der Waals surface area contributed by atoms with Crippen LogP contribution in [0.2, 0.25) is 0 Å². The molecule has 0 saturated carbocycles. The summed E-state index contributed by atoms with van der Waals surface area (Å²) in [5, 5.41) is 6.32. The van der Waals surface area contributed by atoms with Crippen LogP contribution in [-0.2, 0) is 4.79 Å². The van der Waals surface area contributed by atoms with Crippen LogP contribution in [0.1, 0.15) is 30.0 Å². The number of anilines is 1. The molecule has 1 aromatic carbocycles. The number of halogens is 1. The average molecular weight is 380 g/mol. The van der Waals surface area contributed by atoms with Gasteiger partial charge in [-0.2, -0.15) is 0 Å². The lowest BCUT2D eigenvalue weighted by Gasteiger charge is -2.26. The Kier molecular flexibility index (Phi) is 5.54. The predicted octanol–water partition coefficient (Wildman–Crippen LogP) is 3.23. The minimum atomic E-state index is -0.324. The number of rotatable bonds is 5. The summed E-state index contributed by atoms with van der Waals surface area (Å²) in [6.07, 6.45) is 0. The van der Waals surface area contributed by atoms with Gasteiger partial charge in [0, 0.05) is 22.1 Å². The van der Waals surface area contributed by atoms with Crippen molar-refractivity contribution in [2.45, 2.75) is 26.8 Å². The van der Waals surface area contributed by atoms with Crippen LogP contribution in [0.15, 0.2) is 39.3 Å². The molecule has 0 aliphatic heterocycles. The lowest BCUT2D eigenvalue weighted by molar-refractivity contribution is -0.117. The van der Waals surface area contributed by atoms with Gasteiger partial charge in [0.05, 0.1) is 0 Å². The fourth-order valence-electron chi connectivity index (χ4n) is 2.04. The largest absolute Gasteiger partial charge is 0.360 e. The van der Waals surface area contributed by atoms with Crippen molar-refractivity contribution in [1.82, 2.24) is 10.1 Å². The molecule has 0 spiro atoms. The Bertz CT molecular complexity index is 712. The second-order valence-corrected chi connectivity index (χ2v) is 6.32.